The van der Waals surface area contributed by atoms with Crippen molar-refractivity contribution in [2.24, 2.45) is 14.1 Å². The molecule has 0 saturated heterocycles. The lowest BCUT2D eigenvalue weighted by atomic mass is 10.0. The Bertz CT molecular complexity index is 661. The lowest BCUT2D eigenvalue weighted by Crippen LogP contribution is -2.36. The Hall–Kier alpha value is -1.36. The van der Waals surface area contributed by atoms with E-state index in [1.807, 2.05) is 19.2 Å². The van der Waals surface area contributed by atoms with Gasteiger partial charge in [0.25, 0.3) is 5.56 Å². The normalized spacial score (nSPS) is 11.6. The molecule has 2 aromatic heterocycles. The second-order valence-electron chi connectivity index (χ2n) is 4.23. The molecule has 0 aliphatic rings. The topological polar surface area (TPSA) is 44.0 Å². The molecular weight excluding hydrogens is 224 g/mol. The quantitative estimate of drug-likeness (QED) is 0.754. The van der Waals surface area contributed by atoms with Gasteiger partial charge in [-0.3, -0.25) is 13.9 Å². The highest BCUT2D eigenvalue weighted by molar-refractivity contribution is 7.17. The summed E-state index contributed by atoms with van der Waals surface area (Å²) in [6.45, 7) is 4.10. The van der Waals surface area contributed by atoms with Gasteiger partial charge in [-0.25, -0.2) is 4.79 Å². The monoisotopic (exact) mass is 238 g/mol. The summed E-state index contributed by atoms with van der Waals surface area (Å²) >= 11 is 1.46. The number of aromatic nitrogens is 2. The van der Waals surface area contributed by atoms with Gasteiger partial charge >= 0.3 is 5.69 Å². The van der Waals surface area contributed by atoms with Crippen LogP contribution < -0.4 is 11.2 Å². The number of fused-ring (bicyclic) bond motifs is 1. The maximum absolute atomic E-state index is 12.0. The summed E-state index contributed by atoms with van der Waals surface area (Å²) in [5, 5.41) is 2.65. The van der Waals surface area contributed by atoms with Crippen molar-refractivity contribution in [2.75, 3.05) is 0 Å². The molecule has 4 nitrogen and oxygen atoms in total. The molecule has 5 heteroatoms. The van der Waals surface area contributed by atoms with Gasteiger partial charge in [0, 0.05) is 14.1 Å². The highest BCUT2D eigenvalue weighted by atomic mass is 32.1. The van der Waals surface area contributed by atoms with Gasteiger partial charge in [-0.1, -0.05) is 13.8 Å². The first-order chi connectivity index (χ1) is 7.45. The third kappa shape index (κ3) is 1.35. The van der Waals surface area contributed by atoms with E-state index >= 15 is 0 Å². The molecule has 2 heterocycles. The molecule has 0 fully saturated rings. The minimum Gasteiger partial charge on any atom is -0.287 e. The zero-order valence-electron chi connectivity index (χ0n) is 9.77. The van der Waals surface area contributed by atoms with Crippen LogP contribution in [-0.4, -0.2) is 9.13 Å². The molecule has 0 N–H and O–H groups in total. The smallest absolute Gasteiger partial charge is 0.287 e. The van der Waals surface area contributed by atoms with E-state index < -0.39 is 0 Å². The highest BCUT2D eigenvalue weighted by Crippen LogP contribution is 2.27. The van der Waals surface area contributed by atoms with E-state index in [1.54, 1.807) is 7.05 Å². The Morgan fingerprint density at radius 3 is 2.38 bits per heavy atom. The average Bonchev–Trinajstić information content (AvgIpc) is 2.67. The first-order valence-corrected chi connectivity index (χ1v) is 6.00. The molecule has 0 radical (unpaired) electrons. The minimum atomic E-state index is -0.269. The standard InChI is InChI=1S/C11H14N2O2S/c1-6(2)7-5-16-10-8(7)9(14)12(3)11(15)13(10)4/h5-6H,1-4H3. The molecule has 86 valence electrons. The van der Waals surface area contributed by atoms with E-state index in [-0.39, 0.29) is 11.2 Å². The number of thiophene rings is 1. The molecule has 16 heavy (non-hydrogen) atoms. The molecule has 0 aliphatic heterocycles. The van der Waals surface area contributed by atoms with E-state index in [0.29, 0.717) is 11.3 Å². The SMILES string of the molecule is CC(C)c1csc2c1c(=O)n(C)c(=O)n2C. The van der Waals surface area contributed by atoms with Gasteiger partial charge in [0.2, 0.25) is 0 Å². The van der Waals surface area contributed by atoms with Gasteiger partial charge < -0.3 is 0 Å². The van der Waals surface area contributed by atoms with Crippen molar-refractivity contribution in [3.8, 4) is 0 Å². The van der Waals surface area contributed by atoms with Crippen molar-refractivity contribution in [1.82, 2.24) is 9.13 Å². The molecule has 0 bridgehead atoms. The Kier molecular flexibility index (Phi) is 2.50. The maximum atomic E-state index is 12.0. The van der Waals surface area contributed by atoms with E-state index in [4.69, 9.17) is 0 Å². The van der Waals surface area contributed by atoms with Crippen molar-refractivity contribution in [3.05, 3.63) is 31.8 Å². The fourth-order valence-corrected chi connectivity index (χ4v) is 3.00. The Balaban J connectivity index is 3.07. The lowest BCUT2D eigenvalue weighted by Gasteiger charge is -2.06. The van der Waals surface area contributed by atoms with Crippen LogP contribution in [0.2, 0.25) is 0 Å². The third-order valence-electron chi connectivity index (χ3n) is 2.82. The molecule has 2 aromatic rings. The van der Waals surface area contributed by atoms with Gasteiger partial charge in [-0.2, -0.15) is 0 Å². The fraction of sp³-hybridized carbons (Fsp3) is 0.455. The van der Waals surface area contributed by atoms with Gasteiger partial charge in [-0.05, 0) is 16.9 Å². The number of rotatable bonds is 1. The van der Waals surface area contributed by atoms with E-state index in [1.165, 1.54) is 27.5 Å². The molecule has 0 atom stereocenters. The maximum Gasteiger partial charge on any atom is 0.331 e. The van der Waals surface area contributed by atoms with Crippen LogP contribution in [0, 0.1) is 0 Å². The fourth-order valence-electron chi connectivity index (χ4n) is 1.81. The van der Waals surface area contributed by atoms with E-state index in [0.717, 1.165) is 10.4 Å². The van der Waals surface area contributed by atoms with Crippen molar-refractivity contribution in [1.29, 1.82) is 0 Å². The first kappa shape index (κ1) is 11.1. The van der Waals surface area contributed by atoms with Crippen molar-refractivity contribution in [2.45, 2.75) is 19.8 Å². The average molecular weight is 238 g/mol. The van der Waals surface area contributed by atoms with Gasteiger partial charge in [0.05, 0.1) is 5.39 Å². The first-order valence-electron chi connectivity index (χ1n) is 5.12. The Morgan fingerprint density at radius 2 is 1.81 bits per heavy atom. The molecule has 0 aromatic carbocycles. The van der Waals surface area contributed by atoms with Crippen LogP contribution in [0.1, 0.15) is 25.3 Å². The minimum absolute atomic E-state index is 0.192. The summed E-state index contributed by atoms with van der Waals surface area (Å²) < 4.78 is 2.70. The molecule has 2 rings (SSSR count). The molecular formula is C11H14N2O2S. The Morgan fingerprint density at radius 1 is 1.19 bits per heavy atom. The summed E-state index contributed by atoms with van der Waals surface area (Å²) in [6.07, 6.45) is 0. The highest BCUT2D eigenvalue weighted by Gasteiger charge is 2.15. The molecule has 0 spiro atoms. The Labute approximate surface area is 96.8 Å². The van der Waals surface area contributed by atoms with Gasteiger partial charge in [0.15, 0.2) is 0 Å². The van der Waals surface area contributed by atoms with Crippen LogP contribution in [0.4, 0.5) is 0 Å². The summed E-state index contributed by atoms with van der Waals surface area (Å²) in [5.74, 6) is 0.291. The summed E-state index contributed by atoms with van der Waals surface area (Å²) in [4.78, 5) is 24.5. The van der Waals surface area contributed by atoms with Crippen LogP contribution in [0.3, 0.4) is 0 Å². The van der Waals surface area contributed by atoms with Gasteiger partial charge in [0.1, 0.15) is 4.83 Å². The van der Waals surface area contributed by atoms with Crippen LogP contribution in [0.5, 0.6) is 0 Å². The number of hydrogen-bond acceptors (Lipinski definition) is 3. The largest absolute Gasteiger partial charge is 0.331 e. The molecule has 0 saturated carbocycles. The van der Waals surface area contributed by atoms with Crippen molar-refractivity contribution < 1.29 is 0 Å². The number of aryl methyl sites for hydroxylation is 1. The van der Waals surface area contributed by atoms with Crippen LogP contribution >= 0.6 is 11.3 Å². The molecule has 0 amide bonds. The van der Waals surface area contributed by atoms with Crippen LogP contribution in [-0.2, 0) is 14.1 Å². The number of nitrogens with zero attached hydrogens (tertiary/aromatic N) is 2. The summed E-state index contributed by atoms with van der Waals surface area (Å²) in [6, 6.07) is 0. The second kappa shape index (κ2) is 3.59. The predicted molar refractivity (Wildman–Crippen MR) is 66.4 cm³/mol. The van der Waals surface area contributed by atoms with E-state index in [9.17, 15) is 9.59 Å². The predicted octanol–water partition coefficient (Wildman–Crippen LogP) is 1.42. The summed E-state index contributed by atoms with van der Waals surface area (Å²) in [5.41, 5.74) is 0.564. The van der Waals surface area contributed by atoms with Crippen molar-refractivity contribution >= 4 is 21.6 Å². The van der Waals surface area contributed by atoms with Crippen LogP contribution in [0.25, 0.3) is 10.2 Å². The van der Waals surface area contributed by atoms with Crippen molar-refractivity contribution in [3.63, 3.8) is 0 Å². The lowest BCUT2D eigenvalue weighted by molar-refractivity contribution is 0.715. The molecule has 0 unspecified atom stereocenters. The van der Waals surface area contributed by atoms with Gasteiger partial charge in [-0.15, -0.1) is 11.3 Å². The number of hydrogen-bond donors (Lipinski definition) is 0. The zero-order chi connectivity index (χ0) is 12.0. The second-order valence-corrected chi connectivity index (χ2v) is 5.09. The third-order valence-corrected chi connectivity index (χ3v) is 3.89. The van der Waals surface area contributed by atoms with E-state index in [2.05, 4.69) is 0 Å². The zero-order valence-corrected chi connectivity index (χ0v) is 10.6. The molecule has 0 aliphatic carbocycles. The van der Waals surface area contributed by atoms with Crippen LogP contribution in [0.15, 0.2) is 15.0 Å². The summed E-state index contributed by atoms with van der Waals surface area (Å²) in [7, 11) is 3.22.